The van der Waals surface area contributed by atoms with Crippen LogP contribution in [-0.4, -0.2) is 43.2 Å². The Balaban J connectivity index is 1.46. The van der Waals surface area contributed by atoms with Crippen LogP contribution in [0.5, 0.6) is 5.75 Å². The second-order valence-corrected chi connectivity index (χ2v) is 7.55. The van der Waals surface area contributed by atoms with E-state index in [4.69, 9.17) is 9.47 Å². The molecule has 0 aliphatic carbocycles. The van der Waals surface area contributed by atoms with Gasteiger partial charge in [-0.05, 0) is 55.2 Å². The van der Waals surface area contributed by atoms with Crippen molar-refractivity contribution in [3.05, 3.63) is 64.7 Å². The Hall–Kier alpha value is -2.37. The molecule has 1 unspecified atom stereocenters. The number of morpholine rings is 1. The second-order valence-electron chi connectivity index (χ2n) is 7.55. The van der Waals surface area contributed by atoms with Gasteiger partial charge in [-0.2, -0.15) is 0 Å². The summed E-state index contributed by atoms with van der Waals surface area (Å²) in [4.78, 5) is 14.5. The SMILES string of the molecule is Cc1ccc(OCC(=O)NCc2cccc(CN3CCOC(C)C3)c2)cc1C. The van der Waals surface area contributed by atoms with E-state index < -0.39 is 0 Å². The van der Waals surface area contributed by atoms with Gasteiger partial charge in [-0.15, -0.1) is 0 Å². The lowest BCUT2D eigenvalue weighted by molar-refractivity contribution is -0.123. The van der Waals surface area contributed by atoms with Crippen LogP contribution in [0.4, 0.5) is 0 Å². The minimum absolute atomic E-state index is 0.0217. The van der Waals surface area contributed by atoms with E-state index in [2.05, 4.69) is 36.2 Å². The molecule has 1 aliphatic heterocycles. The standard InChI is InChI=1S/C23H30N2O3/c1-17-7-8-22(11-18(17)2)28-16-23(26)24-13-20-5-4-6-21(12-20)15-25-9-10-27-19(3)14-25/h4-8,11-12,19H,9-10,13-16H2,1-3H3,(H,24,26). The number of nitrogens with one attached hydrogen (secondary N) is 1. The van der Waals surface area contributed by atoms with E-state index in [9.17, 15) is 4.79 Å². The fourth-order valence-corrected chi connectivity index (χ4v) is 3.33. The van der Waals surface area contributed by atoms with E-state index in [0.29, 0.717) is 6.54 Å². The third-order valence-corrected chi connectivity index (χ3v) is 5.06. The molecule has 150 valence electrons. The topological polar surface area (TPSA) is 50.8 Å². The number of carbonyl (C=O) groups excluding carboxylic acids is 1. The molecule has 0 bridgehead atoms. The minimum atomic E-state index is -0.120. The van der Waals surface area contributed by atoms with Gasteiger partial charge in [0.25, 0.3) is 5.91 Å². The fraction of sp³-hybridized carbons (Fsp3) is 0.435. The Bertz CT molecular complexity index is 806. The molecule has 2 aromatic rings. The number of carbonyl (C=O) groups is 1. The van der Waals surface area contributed by atoms with Crippen molar-refractivity contribution in [2.45, 2.75) is 40.0 Å². The highest BCUT2D eigenvalue weighted by Gasteiger charge is 2.16. The third-order valence-electron chi connectivity index (χ3n) is 5.06. The molecule has 0 aromatic heterocycles. The Morgan fingerprint density at radius 1 is 1.18 bits per heavy atom. The molecule has 5 heteroatoms. The molecule has 5 nitrogen and oxygen atoms in total. The zero-order valence-corrected chi connectivity index (χ0v) is 17.0. The zero-order chi connectivity index (χ0) is 19.9. The second kappa shape index (κ2) is 9.71. The predicted molar refractivity (Wildman–Crippen MR) is 110 cm³/mol. The number of nitrogens with zero attached hydrogens (tertiary/aromatic N) is 1. The van der Waals surface area contributed by atoms with Crippen LogP contribution >= 0.6 is 0 Å². The molecule has 0 radical (unpaired) electrons. The molecule has 1 atom stereocenters. The van der Waals surface area contributed by atoms with E-state index in [1.54, 1.807) is 0 Å². The van der Waals surface area contributed by atoms with Crippen LogP contribution < -0.4 is 10.1 Å². The molecule has 0 saturated carbocycles. The largest absolute Gasteiger partial charge is 0.484 e. The van der Waals surface area contributed by atoms with Gasteiger partial charge < -0.3 is 14.8 Å². The summed E-state index contributed by atoms with van der Waals surface area (Å²) in [6.45, 7) is 10.3. The first-order chi connectivity index (χ1) is 13.5. The van der Waals surface area contributed by atoms with E-state index in [1.807, 2.05) is 37.3 Å². The van der Waals surface area contributed by atoms with Gasteiger partial charge in [-0.1, -0.05) is 30.3 Å². The van der Waals surface area contributed by atoms with Gasteiger partial charge in [-0.3, -0.25) is 9.69 Å². The summed E-state index contributed by atoms with van der Waals surface area (Å²) in [7, 11) is 0. The van der Waals surface area contributed by atoms with Crippen LogP contribution in [0.15, 0.2) is 42.5 Å². The van der Waals surface area contributed by atoms with Gasteiger partial charge in [0.15, 0.2) is 6.61 Å². The summed E-state index contributed by atoms with van der Waals surface area (Å²) in [5, 5.41) is 2.94. The molecule has 2 aromatic carbocycles. The summed E-state index contributed by atoms with van der Waals surface area (Å²) < 4.78 is 11.2. The molecule has 28 heavy (non-hydrogen) atoms. The molecule has 1 amide bonds. The lowest BCUT2D eigenvalue weighted by atomic mass is 10.1. The summed E-state index contributed by atoms with van der Waals surface area (Å²) in [5.74, 6) is 0.602. The average Bonchev–Trinajstić information content (AvgIpc) is 2.67. The number of aryl methyl sites for hydroxylation is 2. The first kappa shape index (κ1) is 20.4. The molecule has 1 saturated heterocycles. The highest BCUT2D eigenvalue weighted by Crippen LogP contribution is 2.16. The molecule has 1 heterocycles. The van der Waals surface area contributed by atoms with Gasteiger partial charge in [0.2, 0.25) is 0 Å². The highest BCUT2D eigenvalue weighted by atomic mass is 16.5. The maximum absolute atomic E-state index is 12.1. The first-order valence-corrected chi connectivity index (χ1v) is 9.88. The molecule has 1 aliphatic rings. The number of hydrogen-bond acceptors (Lipinski definition) is 4. The number of rotatable bonds is 7. The Morgan fingerprint density at radius 3 is 2.79 bits per heavy atom. The summed E-state index contributed by atoms with van der Waals surface area (Å²) in [6, 6.07) is 14.2. The maximum atomic E-state index is 12.1. The van der Waals surface area contributed by atoms with Crippen LogP contribution in [0.1, 0.15) is 29.2 Å². The number of ether oxygens (including phenoxy) is 2. The van der Waals surface area contributed by atoms with Crippen molar-refractivity contribution in [2.24, 2.45) is 0 Å². The van der Waals surface area contributed by atoms with Crippen molar-refractivity contribution in [3.8, 4) is 5.75 Å². The van der Waals surface area contributed by atoms with E-state index in [0.717, 1.165) is 43.1 Å². The van der Waals surface area contributed by atoms with Gasteiger partial charge in [-0.25, -0.2) is 0 Å². The summed E-state index contributed by atoms with van der Waals surface area (Å²) in [5.41, 5.74) is 4.72. The minimum Gasteiger partial charge on any atom is -0.484 e. The Morgan fingerprint density at radius 2 is 2.00 bits per heavy atom. The van der Waals surface area contributed by atoms with Gasteiger partial charge in [0.05, 0.1) is 12.7 Å². The summed E-state index contributed by atoms with van der Waals surface area (Å²) >= 11 is 0. The normalized spacial score (nSPS) is 17.3. The zero-order valence-electron chi connectivity index (χ0n) is 17.0. The van der Waals surface area contributed by atoms with Crippen molar-refractivity contribution in [1.82, 2.24) is 10.2 Å². The lowest BCUT2D eigenvalue weighted by Crippen LogP contribution is -2.40. The van der Waals surface area contributed by atoms with Crippen LogP contribution in [0.3, 0.4) is 0 Å². The number of amides is 1. The fourth-order valence-electron chi connectivity index (χ4n) is 3.33. The van der Waals surface area contributed by atoms with E-state index in [-0.39, 0.29) is 18.6 Å². The van der Waals surface area contributed by atoms with E-state index >= 15 is 0 Å². The van der Waals surface area contributed by atoms with Crippen molar-refractivity contribution < 1.29 is 14.3 Å². The first-order valence-electron chi connectivity index (χ1n) is 9.88. The van der Waals surface area contributed by atoms with Gasteiger partial charge in [0.1, 0.15) is 5.75 Å². The summed E-state index contributed by atoms with van der Waals surface area (Å²) in [6.07, 6.45) is 0.286. The third kappa shape index (κ3) is 6.08. The molecule has 0 spiro atoms. The lowest BCUT2D eigenvalue weighted by Gasteiger charge is -2.31. The Kier molecular flexibility index (Phi) is 7.06. The monoisotopic (exact) mass is 382 g/mol. The number of benzene rings is 2. The van der Waals surface area contributed by atoms with Crippen LogP contribution in [0.25, 0.3) is 0 Å². The molecule has 3 rings (SSSR count). The van der Waals surface area contributed by atoms with Crippen LogP contribution in [-0.2, 0) is 22.6 Å². The highest BCUT2D eigenvalue weighted by molar-refractivity contribution is 5.77. The number of hydrogen-bond donors (Lipinski definition) is 1. The smallest absolute Gasteiger partial charge is 0.258 e. The predicted octanol–water partition coefficient (Wildman–Crippen LogP) is 3.22. The van der Waals surface area contributed by atoms with Gasteiger partial charge >= 0.3 is 0 Å². The Labute approximate surface area is 167 Å². The maximum Gasteiger partial charge on any atom is 0.258 e. The average molecular weight is 383 g/mol. The van der Waals surface area contributed by atoms with Crippen molar-refractivity contribution in [3.63, 3.8) is 0 Å². The molecular formula is C23H30N2O3. The quantitative estimate of drug-likeness (QED) is 0.799. The van der Waals surface area contributed by atoms with Crippen LogP contribution in [0, 0.1) is 13.8 Å². The van der Waals surface area contributed by atoms with Gasteiger partial charge in [0, 0.05) is 26.2 Å². The van der Waals surface area contributed by atoms with Crippen LogP contribution in [0.2, 0.25) is 0 Å². The molecule has 1 fully saturated rings. The van der Waals surface area contributed by atoms with E-state index in [1.165, 1.54) is 11.1 Å². The molecular weight excluding hydrogens is 352 g/mol. The molecule has 1 N–H and O–H groups in total. The van der Waals surface area contributed by atoms with Crippen molar-refractivity contribution >= 4 is 5.91 Å². The van der Waals surface area contributed by atoms with Crippen molar-refractivity contribution in [1.29, 1.82) is 0 Å². The van der Waals surface area contributed by atoms with Crippen molar-refractivity contribution in [2.75, 3.05) is 26.3 Å².